The molecule has 4 heteroatoms. The van der Waals surface area contributed by atoms with E-state index >= 15 is 0 Å². The van der Waals surface area contributed by atoms with Crippen molar-refractivity contribution in [2.24, 2.45) is 28.6 Å². The minimum Gasteiger partial charge on any atom is -0.464 e. The molecule has 2 fully saturated rings. The van der Waals surface area contributed by atoms with E-state index in [1.54, 1.807) is 0 Å². The Hall–Kier alpha value is -1.09. The maximum Gasteiger partial charge on any atom is 0.293 e. The van der Waals surface area contributed by atoms with Gasteiger partial charge in [0.05, 0.1) is 5.88 Å². The van der Waals surface area contributed by atoms with Gasteiger partial charge in [0, 0.05) is 12.0 Å². The molecule has 1 unspecified atom stereocenters. The molecule has 27 heavy (non-hydrogen) atoms. The fourth-order valence-corrected chi connectivity index (χ4v) is 7.51. The molecule has 0 heterocycles. The highest BCUT2D eigenvalue weighted by atomic mass is 35.5. The Kier molecular flexibility index (Phi) is 4.81. The number of halogens is 1. The van der Waals surface area contributed by atoms with Crippen LogP contribution < -0.4 is 0 Å². The van der Waals surface area contributed by atoms with Crippen molar-refractivity contribution in [1.29, 1.82) is 0 Å². The molecule has 0 aromatic heterocycles. The molecule has 0 aromatic rings. The molecule has 0 aromatic carbocycles. The first-order chi connectivity index (χ1) is 12.8. The van der Waals surface area contributed by atoms with E-state index in [2.05, 4.69) is 26.8 Å². The second-order valence-electron chi connectivity index (χ2n) is 9.73. The Balaban J connectivity index is 1.63. The lowest BCUT2D eigenvalue weighted by Crippen LogP contribution is -2.50. The number of ketones is 1. The van der Waals surface area contributed by atoms with Crippen LogP contribution in [-0.2, 0) is 14.3 Å². The number of Topliss-reactive ketones (excluding diaryl/α,β-unsaturated/α-hetero) is 1. The normalized spacial score (nSPS) is 43.3. The predicted molar refractivity (Wildman–Crippen MR) is 106 cm³/mol. The van der Waals surface area contributed by atoms with Crippen LogP contribution in [0.5, 0.6) is 0 Å². The molecule has 0 saturated heterocycles. The van der Waals surface area contributed by atoms with E-state index in [1.165, 1.54) is 17.6 Å². The quantitative estimate of drug-likeness (QED) is 0.375. The lowest BCUT2D eigenvalue weighted by Gasteiger charge is -2.57. The van der Waals surface area contributed by atoms with E-state index in [9.17, 15) is 9.59 Å². The summed E-state index contributed by atoms with van der Waals surface area (Å²) in [5.41, 5.74) is 4.04. The minimum atomic E-state index is -0.00322. The summed E-state index contributed by atoms with van der Waals surface area (Å²) in [7, 11) is 0. The molecule has 0 aliphatic heterocycles. The van der Waals surface area contributed by atoms with E-state index in [0.717, 1.165) is 44.1 Å². The molecule has 6 atom stereocenters. The van der Waals surface area contributed by atoms with E-state index in [0.29, 0.717) is 24.2 Å². The van der Waals surface area contributed by atoms with Crippen LogP contribution in [0, 0.1) is 28.6 Å². The van der Waals surface area contributed by atoms with Crippen molar-refractivity contribution in [1.82, 2.24) is 0 Å². The van der Waals surface area contributed by atoms with Crippen LogP contribution in [0.2, 0.25) is 0 Å². The highest BCUT2D eigenvalue weighted by molar-refractivity contribution is 6.30. The maximum atomic E-state index is 12.6. The zero-order valence-corrected chi connectivity index (χ0v) is 17.5. The van der Waals surface area contributed by atoms with Crippen molar-refractivity contribution < 1.29 is 14.3 Å². The van der Waals surface area contributed by atoms with Crippen molar-refractivity contribution in [3.05, 3.63) is 22.8 Å². The molecule has 0 amide bonds. The summed E-state index contributed by atoms with van der Waals surface area (Å²) in [6.45, 7) is 7.51. The molecule has 0 spiro atoms. The highest BCUT2D eigenvalue weighted by Gasteiger charge is 2.58. The van der Waals surface area contributed by atoms with Crippen molar-refractivity contribution in [2.75, 3.05) is 5.88 Å². The Morgan fingerprint density at radius 2 is 1.96 bits per heavy atom. The molecule has 0 radical (unpaired) electrons. The monoisotopic (exact) mass is 390 g/mol. The van der Waals surface area contributed by atoms with Crippen LogP contribution in [0.1, 0.15) is 65.7 Å². The van der Waals surface area contributed by atoms with Gasteiger partial charge in [-0.05, 0) is 74.0 Å². The lowest BCUT2D eigenvalue weighted by molar-refractivity contribution is -0.136. The van der Waals surface area contributed by atoms with Gasteiger partial charge >= 0.3 is 0 Å². The average molecular weight is 391 g/mol. The maximum absolute atomic E-state index is 12.6. The Bertz CT molecular complexity index is 723. The largest absolute Gasteiger partial charge is 0.464 e. The van der Waals surface area contributed by atoms with E-state index in [-0.39, 0.29) is 28.6 Å². The number of allylic oxidation sites excluding steroid dienone is 3. The van der Waals surface area contributed by atoms with Gasteiger partial charge in [-0.15, -0.1) is 11.6 Å². The molecule has 148 valence electrons. The number of hydrogen-bond acceptors (Lipinski definition) is 3. The number of carbonyl (C=O) groups is 2. The van der Waals surface area contributed by atoms with E-state index in [1.807, 2.05) is 0 Å². The van der Waals surface area contributed by atoms with Crippen LogP contribution in [0.3, 0.4) is 0 Å². The molecular formula is C23H31ClO3. The number of hydrogen-bond donors (Lipinski definition) is 0. The van der Waals surface area contributed by atoms with Gasteiger partial charge in [-0.2, -0.15) is 0 Å². The molecule has 2 saturated carbocycles. The second-order valence-corrected chi connectivity index (χ2v) is 10.00. The van der Waals surface area contributed by atoms with Gasteiger partial charge < -0.3 is 4.74 Å². The summed E-state index contributed by atoms with van der Waals surface area (Å²) in [4.78, 5) is 23.3. The number of alkyl halides is 1. The Morgan fingerprint density at radius 1 is 1.22 bits per heavy atom. The molecule has 4 rings (SSSR count). The fourth-order valence-electron chi connectivity index (χ4n) is 7.37. The van der Waals surface area contributed by atoms with Crippen molar-refractivity contribution in [3.63, 3.8) is 0 Å². The van der Waals surface area contributed by atoms with Crippen LogP contribution in [0.25, 0.3) is 0 Å². The van der Waals surface area contributed by atoms with Gasteiger partial charge in [0.2, 0.25) is 0 Å². The van der Waals surface area contributed by atoms with Gasteiger partial charge in [-0.1, -0.05) is 31.1 Å². The van der Waals surface area contributed by atoms with Crippen LogP contribution in [0.4, 0.5) is 0 Å². The van der Waals surface area contributed by atoms with Crippen LogP contribution >= 0.6 is 11.6 Å². The molecule has 4 aliphatic rings. The molecule has 0 N–H and O–H groups in total. The minimum absolute atomic E-state index is 0.00322. The zero-order chi connectivity index (χ0) is 19.4. The summed E-state index contributed by atoms with van der Waals surface area (Å²) in [5.74, 6) is 2.10. The summed E-state index contributed by atoms with van der Waals surface area (Å²) >= 11 is 5.95. The molecule has 3 nitrogen and oxygen atoms in total. The summed E-state index contributed by atoms with van der Waals surface area (Å²) in [5, 5.41) is 0. The van der Waals surface area contributed by atoms with Crippen LogP contribution in [0.15, 0.2) is 22.8 Å². The third-order valence-corrected chi connectivity index (χ3v) is 8.86. The zero-order valence-electron chi connectivity index (χ0n) is 16.7. The summed E-state index contributed by atoms with van der Waals surface area (Å²) in [6, 6.07) is 0. The number of carbonyl (C=O) groups excluding carboxylic acids is 2. The molecule has 0 bridgehead atoms. The number of fused-ring (bicyclic) bond motifs is 5. The Morgan fingerprint density at radius 3 is 2.67 bits per heavy atom. The van der Waals surface area contributed by atoms with Crippen molar-refractivity contribution in [2.45, 2.75) is 71.8 Å². The van der Waals surface area contributed by atoms with E-state index < -0.39 is 0 Å². The van der Waals surface area contributed by atoms with Crippen molar-refractivity contribution in [3.8, 4) is 0 Å². The van der Waals surface area contributed by atoms with Gasteiger partial charge in [0.1, 0.15) is 6.10 Å². The number of ether oxygens (including phenoxy) is 1. The van der Waals surface area contributed by atoms with Crippen LogP contribution in [-0.4, -0.2) is 24.2 Å². The summed E-state index contributed by atoms with van der Waals surface area (Å²) < 4.78 is 5.29. The second kappa shape index (κ2) is 6.76. The highest BCUT2D eigenvalue weighted by Crippen LogP contribution is 2.66. The van der Waals surface area contributed by atoms with Gasteiger partial charge in [0.25, 0.3) is 6.47 Å². The standard InChI is InChI=1S/C23H31ClO3/c1-14-10-19-17-5-4-15-11-16(27-13-25)6-8-22(15,2)18(17)7-9-23(19,3)21(14)20(26)12-24/h4,13,16-19H,5-12H2,1-3H3/t16?,17-,18+,19+,22+,23+/m1/s1. The topological polar surface area (TPSA) is 43.4 Å². The third kappa shape index (κ3) is 2.75. The first-order valence-corrected chi connectivity index (χ1v) is 11.0. The fraction of sp³-hybridized carbons (Fsp3) is 0.739. The molecular weight excluding hydrogens is 360 g/mol. The van der Waals surface area contributed by atoms with E-state index in [4.69, 9.17) is 16.3 Å². The first-order valence-electron chi connectivity index (χ1n) is 10.4. The summed E-state index contributed by atoms with van der Waals surface area (Å²) in [6.07, 6.45) is 9.87. The van der Waals surface area contributed by atoms with Crippen molar-refractivity contribution >= 4 is 23.9 Å². The molecule has 4 aliphatic carbocycles. The predicted octanol–water partition coefficient (Wildman–Crippen LogP) is 5.23. The lowest BCUT2D eigenvalue weighted by atomic mass is 9.47. The Labute approximate surface area is 167 Å². The average Bonchev–Trinajstić information content (AvgIpc) is 2.92. The van der Waals surface area contributed by atoms with Gasteiger partial charge in [-0.3, -0.25) is 9.59 Å². The van der Waals surface area contributed by atoms with Gasteiger partial charge in [0.15, 0.2) is 5.78 Å². The number of rotatable bonds is 4. The first kappa shape index (κ1) is 19.2. The third-order valence-electron chi connectivity index (χ3n) is 8.62. The smallest absolute Gasteiger partial charge is 0.293 e. The van der Waals surface area contributed by atoms with Gasteiger partial charge in [-0.25, -0.2) is 0 Å². The SMILES string of the molecule is CC1=C(C(=O)CCl)[C@@]2(C)CC[C@H]3[C@@H](CC=C4CC(OC=O)CC[C@@]43C)[C@@H]2C1.